The van der Waals surface area contributed by atoms with Crippen LogP contribution in [0, 0.1) is 5.41 Å². The van der Waals surface area contributed by atoms with Gasteiger partial charge in [0.05, 0.1) is 12.0 Å². The number of ether oxygens (including phenoxy) is 1. The largest absolute Gasteiger partial charge is 0.491 e. The Hall–Kier alpha value is -1.55. The summed E-state index contributed by atoms with van der Waals surface area (Å²) in [5, 5.41) is 0. The second-order valence-electron chi connectivity index (χ2n) is 5.30. The monoisotopic (exact) mass is 262 g/mol. The summed E-state index contributed by atoms with van der Waals surface area (Å²) < 4.78 is 5.68. The molecule has 2 N–H and O–H groups in total. The van der Waals surface area contributed by atoms with Crippen molar-refractivity contribution >= 4 is 5.91 Å². The van der Waals surface area contributed by atoms with Gasteiger partial charge in [0.15, 0.2) is 0 Å². The maximum Gasteiger partial charge on any atom is 0.230 e. The lowest BCUT2D eigenvalue weighted by Crippen LogP contribution is -2.46. The standard InChI is InChI=1S/C15H22N2O2/c1-3-15(2,11-16)14(18)17-8-9-19-13-7-5-4-6-12(13)10-17/h4-7H,3,8-11,16H2,1-2H3. The maximum atomic E-state index is 12.6. The third kappa shape index (κ3) is 2.73. The molecule has 1 atom stereocenters. The van der Waals surface area contributed by atoms with Crippen LogP contribution in [-0.4, -0.2) is 30.5 Å². The van der Waals surface area contributed by atoms with Crippen LogP contribution in [0.2, 0.25) is 0 Å². The van der Waals surface area contributed by atoms with E-state index in [1.807, 2.05) is 43.0 Å². The van der Waals surface area contributed by atoms with Crippen LogP contribution < -0.4 is 10.5 Å². The minimum Gasteiger partial charge on any atom is -0.491 e. The maximum absolute atomic E-state index is 12.6. The number of carbonyl (C=O) groups excluding carboxylic acids is 1. The van der Waals surface area contributed by atoms with Crippen LogP contribution in [-0.2, 0) is 11.3 Å². The molecule has 1 aromatic rings. The second kappa shape index (κ2) is 5.61. The molecule has 0 radical (unpaired) electrons. The van der Waals surface area contributed by atoms with Crippen LogP contribution in [0.3, 0.4) is 0 Å². The van der Waals surface area contributed by atoms with E-state index in [9.17, 15) is 4.79 Å². The smallest absolute Gasteiger partial charge is 0.230 e. The Morgan fingerprint density at radius 2 is 2.21 bits per heavy atom. The van der Waals surface area contributed by atoms with Gasteiger partial charge in [-0.25, -0.2) is 0 Å². The molecular formula is C15H22N2O2. The van der Waals surface area contributed by atoms with E-state index in [0.29, 0.717) is 26.2 Å². The minimum atomic E-state index is -0.473. The van der Waals surface area contributed by atoms with Crippen molar-refractivity contribution in [3.63, 3.8) is 0 Å². The molecule has 0 spiro atoms. The highest BCUT2D eigenvalue weighted by Crippen LogP contribution is 2.27. The number of carbonyl (C=O) groups is 1. The van der Waals surface area contributed by atoms with E-state index in [2.05, 4.69) is 0 Å². The van der Waals surface area contributed by atoms with Crippen molar-refractivity contribution in [1.29, 1.82) is 0 Å². The highest BCUT2D eigenvalue weighted by atomic mass is 16.5. The number of nitrogens with zero attached hydrogens (tertiary/aromatic N) is 1. The van der Waals surface area contributed by atoms with Gasteiger partial charge in [-0.2, -0.15) is 0 Å². The van der Waals surface area contributed by atoms with Gasteiger partial charge in [-0.15, -0.1) is 0 Å². The molecule has 4 nitrogen and oxygen atoms in total. The third-order valence-electron chi connectivity index (χ3n) is 3.99. The van der Waals surface area contributed by atoms with Crippen molar-refractivity contribution in [3.05, 3.63) is 29.8 Å². The fourth-order valence-corrected chi connectivity index (χ4v) is 2.26. The first-order valence-corrected chi connectivity index (χ1v) is 6.81. The molecule has 0 bridgehead atoms. The quantitative estimate of drug-likeness (QED) is 0.903. The van der Waals surface area contributed by atoms with E-state index in [4.69, 9.17) is 10.5 Å². The SMILES string of the molecule is CCC(C)(CN)C(=O)N1CCOc2ccccc2C1. The molecule has 19 heavy (non-hydrogen) atoms. The van der Waals surface area contributed by atoms with Gasteiger partial charge in [-0.05, 0) is 19.4 Å². The van der Waals surface area contributed by atoms with Gasteiger partial charge in [0.1, 0.15) is 12.4 Å². The first-order chi connectivity index (χ1) is 9.10. The summed E-state index contributed by atoms with van der Waals surface area (Å²) >= 11 is 0. The van der Waals surface area contributed by atoms with Crippen molar-refractivity contribution in [2.24, 2.45) is 11.1 Å². The third-order valence-corrected chi connectivity index (χ3v) is 3.99. The average molecular weight is 262 g/mol. The summed E-state index contributed by atoms with van der Waals surface area (Å²) in [6.45, 7) is 6.07. The highest BCUT2D eigenvalue weighted by molar-refractivity contribution is 5.82. The van der Waals surface area contributed by atoms with Crippen molar-refractivity contribution in [3.8, 4) is 5.75 Å². The van der Waals surface area contributed by atoms with Gasteiger partial charge >= 0.3 is 0 Å². The summed E-state index contributed by atoms with van der Waals surface area (Å²) in [7, 11) is 0. The Morgan fingerprint density at radius 1 is 1.47 bits per heavy atom. The van der Waals surface area contributed by atoms with Gasteiger partial charge in [0, 0.05) is 18.7 Å². The Balaban J connectivity index is 2.21. The molecule has 1 heterocycles. The van der Waals surface area contributed by atoms with Crippen LogP contribution in [0.4, 0.5) is 0 Å². The van der Waals surface area contributed by atoms with E-state index in [1.165, 1.54) is 0 Å². The summed E-state index contributed by atoms with van der Waals surface area (Å²) in [5.41, 5.74) is 6.37. The predicted molar refractivity (Wildman–Crippen MR) is 74.8 cm³/mol. The molecule has 0 saturated carbocycles. The number of para-hydroxylation sites is 1. The highest BCUT2D eigenvalue weighted by Gasteiger charge is 2.34. The first-order valence-electron chi connectivity index (χ1n) is 6.81. The number of nitrogens with two attached hydrogens (primary N) is 1. The molecule has 4 heteroatoms. The molecule has 0 saturated heterocycles. The van der Waals surface area contributed by atoms with E-state index in [0.717, 1.165) is 17.7 Å². The lowest BCUT2D eigenvalue weighted by atomic mass is 9.86. The Bertz CT molecular complexity index is 455. The summed E-state index contributed by atoms with van der Waals surface area (Å²) in [6.07, 6.45) is 0.751. The van der Waals surface area contributed by atoms with Gasteiger partial charge in [-0.1, -0.05) is 25.1 Å². The van der Waals surface area contributed by atoms with E-state index in [1.54, 1.807) is 0 Å². The lowest BCUT2D eigenvalue weighted by Gasteiger charge is -2.32. The van der Waals surface area contributed by atoms with Crippen molar-refractivity contribution in [2.45, 2.75) is 26.8 Å². The zero-order chi connectivity index (χ0) is 13.9. The van der Waals surface area contributed by atoms with Gasteiger partial charge in [0.2, 0.25) is 5.91 Å². The van der Waals surface area contributed by atoms with Crippen molar-refractivity contribution in [1.82, 2.24) is 4.90 Å². The molecule has 1 aromatic carbocycles. The lowest BCUT2D eigenvalue weighted by molar-refractivity contribution is -0.141. The van der Waals surface area contributed by atoms with Crippen LogP contribution >= 0.6 is 0 Å². The molecule has 1 aliphatic heterocycles. The van der Waals surface area contributed by atoms with E-state index in [-0.39, 0.29) is 5.91 Å². The van der Waals surface area contributed by atoms with Gasteiger partial charge < -0.3 is 15.4 Å². The minimum absolute atomic E-state index is 0.123. The number of rotatable bonds is 3. The second-order valence-corrected chi connectivity index (χ2v) is 5.30. The average Bonchev–Trinajstić information content (AvgIpc) is 2.67. The number of fused-ring (bicyclic) bond motifs is 1. The fraction of sp³-hybridized carbons (Fsp3) is 0.533. The molecule has 2 rings (SSSR count). The summed E-state index contributed by atoms with van der Waals surface area (Å²) in [5.74, 6) is 1.00. The van der Waals surface area contributed by atoms with Crippen molar-refractivity contribution in [2.75, 3.05) is 19.7 Å². The number of hydrogen-bond acceptors (Lipinski definition) is 3. The van der Waals surface area contributed by atoms with Crippen molar-refractivity contribution < 1.29 is 9.53 Å². The molecule has 0 aliphatic carbocycles. The number of amides is 1. The molecule has 1 amide bonds. The number of benzene rings is 1. The number of hydrogen-bond donors (Lipinski definition) is 1. The Kier molecular flexibility index (Phi) is 4.10. The summed E-state index contributed by atoms with van der Waals surface area (Å²) in [4.78, 5) is 14.5. The van der Waals surface area contributed by atoms with Crippen LogP contribution in [0.25, 0.3) is 0 Å². The van der Waals surface area contributed by atoms with Crippen LogP contribution in [0.1, 0.15) is 25.8 Å². The van der Waals surface area contributed by atoms with Crippen LogP contribution in [0.15, 0.2) is 24.3 Å². The zero-order valence-electron chi connectivity index (χ0n) is 11.7. The van der Waals surface area contributed by atoms with E-state index >= 15 is 0 Å². The molecule has 1 unspecified atom stereocenters. The van der Waals surface area contributed by atoms with E-state index < -0.39 is 5.41 Å². The van der Waals surface area contributed by atoms with Crippen LogP contribution in [0.5, 0.6) is 5.75 Å². The normalized spacial score (nSPS) is 17.9. The zero-order valence-corrected chi connectivity index (χ0v) is 11.7. The molecule has 0 fully saturated rings. The molecule has 0 aromatic heterocycles. The Labute approximate surface area is 114 Å². The topological polar surface area (TPSA) is 55.6 Å². The fourth-order valence-electron chi connectivity index (χ4n) is 2.26. The predicted octanol–water partition coefficient (Wildman–Crippen LogP) is 1.78. The summed E-state index contributed by atoms with van der Waals surface area (Å²) in [6, 6.07) is 7.88. The Morgan fingerprint density at radius 3 is 2.89 bits per heavy atom. The van der Waals surface area contributed by atoms with Gasteiger partial charge in [0.25, 0.3) is 0 Å². The molecule has 104 valence electrons. The molecular weight excluding hydrogens is 240 g/mol. The van der Waals surface area contributed by atoms with Gasteiger partial charge in [-0.3, -0.25) is 4.79 Å². The molecule has 1 aliphatic rings. The first kappa shape index (κ1) is 13.9.